The minimum absolute atomic E-state index is 0.141. The molecule has 4 heteroatoms. The number of hydrogen-bond donors (Lipinski definition) is 0. The number of thiazole rings is 1. The summed E-state index contributed by atoms with van der Waals surface area (Å²) in [6.07, 6.45) is 6.49. The Morgan fingerprint density at radius 1 is 1.00 bits per heavy atom. The van der Waals surface area contributed by atoms with E-state index in [1.54, 1.807) is 6.20 Å². The Bertz CT molecular complexity index is 719. The number of ketones is 1. The van der Waals surface area contributed by atoms with Crippen LogP contribution < -0.4 is 0 Å². The number of unbranched alkanes of at least 4 members (excludes halogenated alkanes) is 2. The Balaban J connectivity index is 1.44. The quantitative estimate of drug-likeness (QED) is 0.470. The molecule has 3 rings (SSSR count). The van der Waals surface area contributed by atoms with Crippen molar-refractivity contribution in [1.29, 1.82) is 0 Å². The van der Waals surface area contributed by atoms with Crippen molar-refractivity contribution >= 4 is 27.5 Å². The molecule has 0 spiro atoms. The lowest BCUT2D eigenvalue weighted by atomic mass is 10.1. The van der Waals surface area contributed by atoms with Gasteiger partial charge in [0, 0.05) is 12.6 Å². The normalized spacial score (nSPS) is 10.9. The largest absolute Gasteiger partial charge is 0.292 e. The molecular formula is C18H18N2OS. The van der Waals surface area contributed by atoms with Crippen molar-refractivity contribution in [3.05, 3.63) is 59.2 Å². The molecule has 0 fully saturated rings. The zero-order chi connectivity index (χ0) is 15.2. The van der Waals surface area contributed by atoms with Gasteiger partial charge in [-0.25, -0.2) is 9.97 Å². The van der Waals surface area contributed by atoms with Crippen LogP contribution in [0.1, 0.15) is 41.0 Å². The molecule has 0 atom stereocenters. The van der Waals surface area contributed by atoms with Gasteiger partial charge in [0.05, 0.1) is 4.70 Å². The summed E-state index contributed by atoms with van der Waals surface area (Å²) < 4.78 is 0.981. The lowest BCUT2D eigenvalue weighted by Crippen LogP contribution is -1.98. The molecule has 0 N–H and O–H groups in total. The van der Waals surface area contributed by atoms with E-state index < -0.39 is 0 Å². The van der Waals surface area contributed by atoms with Gasteiger partial charge in [0.1, 0.15) is 0 Å². The number of benzene rings is 1. The van der Waals surface area contributed by atoms with Gasteiger partial charge < -0.3 is 0 Å². The molecule has 22 heavy (non-hydrogen) atoms. The molecule has 0 aliphatic heterocycles. The molecule has 0 unspecified atom stereocenters. The van der Waals surface area contributed by atoms with Crippen molar-refractivity contribution in [2.24, 2.45) is 0 Å². The summed E-state index contributed by atoms with van der Waals surface area (Å²) in [5, 5.41) is 0.594. The van der Waals surface area contributed by atoms with Gasteiger partial charge in [0.2, 0.25) is 0 Å². The van der Waals surface area contributed by atoms with E-state index in [1.165, 1.54) is 16.9 Å². The molecule has 0 amide bonds. The second-order valence-corrected chi connectivity index (χ2v) is 6.34. The number of rotatable bonds is 7. The van der Waals surface area contributed by atoms with Crippen LogP contribution in [0.25, 0.3) is 10.3 Å². The van der Waals surface area contributed by atoms with Gasteiger partial charge in [-0.1, -0.05) is 36.8 Å². The van der Waals surface area contributed by atoms with Crippen LogP contribution in [0, 0.1) is 0 Å². The van der Waals surface area contributed by atoms with Crippen LogP contribution in [0.15, 0.2) is 48.7 Å². The highest BCUT2D eigenvalue weighted by Crippen LogP contribution is 2.21. The number of nitrogens with zero attached hydrogens (tertiary/aromatic N) is 2. The summed E-state index contributed by atoms with van der Waals surface area (Å²) in [7, 11) is 0. The predicted molar refractivity (Wildman–Crippen MR) is 90.4 cm³/mol. The molecule has 3 nitrogen and oxygen atoms in total. The summed E-state index contributed by atoms with van der Waals surface area (Å²) in [5.41, 5.74) is 2.05. The fraction of sp³-hybridized carbons (Fsp3) is 0.278. The Morgan fingerprint density at radius 2 is 1.86 bits per heavy atom. The van der Waals surface area contributed by atoms with E-state index >= 15 is 0 Å². The SMILES string of the molecule is O=C(CCCCCc1ccccc1)c1nc2ncccc2s1. The molecule has 0 saturated heterocycles. The third-order valence-electron chi connectivity index (χ3n) is 3.62. The van der Waals surface area contributed by atoms with Crippen LogP contribution in [0.2, 0.25) is 0 Å². The Hall–Kier alpha value is -2.07. The number of aryl methyl sites for hydroxylation is 1. The minimum atomic E-state index is 0.141. The molecule has 0 radical (unpaired) electrons. The highest BCUT2D eigenvalue weighted by atomic mass is 32.1. The van der Waals surface area contributed by atoms with Gasteiger partial charge in [-0.3, -0.25) is 4.79 Å². The number of pyridine rings is 1. The summed E-state index contributed by atoms with van der Waals surface area (Å²) in [6.45, 7) is 0. The Labute approximate surface area is 134 Å². The average Bonchev–Trinajstić information content (AvgIpc) is 2.99. The molecule has 0 aliphatic rings. The van der Waals surface area contributed by atoms with Gasteiger partial charge in [0.15, 0.2) is 16.4 Å². The van der Waals surface area contributed by atoms with E-state index in [-0.39, 0.29) is 5.78 Å². The Morgan fingerprint density at radius 3 is 2.68 bits per heavy atom. The lowest BCUT2D eigenvalue weighted by Gasteiger charge is -2.01. The fourth-order valence-corrected chi connectivity index (χ4v) is 3.32. The van der Waals surface area contributed by atoms with Crippen LogP contribution in [-0.2, 0) is 6.42 Å². The van der Waals surface area contributed by atoms with E-state index in [2.05, 4.69) is 34.2 Å². The number of fused-ring (bicyclic) bond motifs is 1. The second kappa shape index (κ2) is 7.27. The van der Waals surface area contributed by atoms with Crippen molar-refractivity contribution in [2.75, 3.05) is 0 Å². The molecule has 0 saturated carbocycles. The van der Waals surface area contributed by atoms with Gasteiger partial charge in [-0.05, 0) is 37.0 Å². The van der Waals surface area contributed by atoms with Crippen LogP contribution >= 0.6 is 11.3 Å². The maximum Gasteiger partial charge on any atom is 0.191 e. The summed E-state index contributed by atoms with van der Waals surface area (Å²) in [4.78, 5) is 20.7. The van der Waals surface area contributed by atoms with Crippen LogP contribution in [0.4, 0.5) is 0 Å². The third kappa shape index (κ3) is 3.77. The third-order valence-corrected chi connectivity index (χ3v) is 4.67. The van der Waals surface area contributed by atoms with E-state index in [9.17, 15) is 4.79 Å². The molecule has 2 heterocycles. The van der Waals surface area contributed by atoms with Crippen molar-refractivity contribution < 1.29 is 4.79 Å². The molecule has 1 aromatic carbocycles. The monoisotopic (exact) mass is 310 g/mol. The first-order valence-electron chi connectivity index (χ1n) is 7.61. The van der Waals surface area contributed by atoms with Gasteiger partial charge in [0.25, 0.3) is 0 Å². The maximum atomic E-state index is 12.2. The zero-order valence-electron chi connectivity index (χ0n) is 12.4. The molecule has 3 aromatic rings. The van der Waals surface area contributed by atoms with Crippen LogP contribution in [0.5, 0.6) is 0 Å². The van der Waals surface area contributed by atoms with Crippen molar-refractivity contribution in [3.8, 4) is 0 Å². The van der Waals surface area contributed by atoms with Crippen molar-refractivity contribution in [3.63, 3.8) is 0 Å². The lowest BCUT2D eigenvalue weighted by molar-refractivity contribution is 0.0979. The number of carbonyl (C=O) groups is 1. The number of hydrogen-bond acceptors (Lipinski definition) is 4. The standard InChI is InChI=1S/C18H18N2OS/c21-15(18-20-17-16(22-18)12-7-13-19-17)11-6-2-5-10-14-8-3-1-4-9-14/h1,3-4,7-9,12-13H,2,5-6,10-11H2. The highest BCUT2D eigenvalue weighted by Gasteiger charge is 2.12. The van der Waals surface area contributed by atoms with Gasteiger partial charge in [-0.15, -0.1) is 11.3 Å². The minimum Gasteiger partial charge on any atom is -0.292 e. The van der Waals surface area contributed by atoms with Gasteiger partial charge >= 0.3 is 0 Å². The van der Waals surface area contributed by atoms with Crippen molar-refractivity contribution in [2.45, 2.75) is 32.1 Å². The first-order chi connectivity index (χ1) is 10.8. The first-order valence-corrected chi connectivity index (χ1v) is 8.43. The fourth-order valence-electron chi connectivity index (χ4n) is 2.43. The maximum absolute atomic E-state index is 12.2. The summed E-state index contributed by atoms with van der Waals surface area (Å²) in [5.74, 6) is 0.141. The van der Waals surface area contributed by atoms with E-state index in [4.69, 9.17) is 0 Å². The molecular weight excluding hydrogens is 292 g/mol. The average molecular weight is 310 g/mol. The molecule has 2 aromatic heterocycles. The molecule has 112 valence electrons. The smallest absolute Gasteiger partial charge is 0.191 e. The highest BCUT2D eigenvalue weighted by molar-refractivity contribution is 7.20. The first kappa shape index (κ1) is 14.9. The summed E-state index contributed by atoms with van der Waals surface area (Å²) in [6, 6.07) is 14.3. The topological polar surface area (TPSA) is 42.9 Å². The predicted octanol–water partition coefficient (Wildman–Crippen LogP) is 4.68. The second-order valence-electron chi connectivity index (χ2n) is 5.31. The van der Waals surface area contributed by atoms with Crippen LogP contribution in [-0.4, -0.2) is 15.8 Å². The number of aromatic nitrogens is 2. The molecule has 0 bridgehead atoms. The Kier molecular flexibility index (Phi) is 4.91. The zero-order valence-corrected chi connectivity index (χ0v) is 13.2. The van der Waals surface area contributed by atoms with Gasteiger partial charge in [-0.2, -0.15) is 0 Å². The van der Waals surface area contributed by atoms with Crippen LogP contribution in [0.3, 0.4) is 0 Å². The number of carbonyl (C=O) groups excluding carboxylic acids is 1. The summed E-state index contributed by atoms with van der Waals surface area (Å²) >= 11 is 1.44. The molecule has 0 aliphatic carbocycles. The number of Topliss-reactive ketones (excluding diaryl/α,β-unsaturated/α-hetero) is 1. The van der Waals surface area contributed by atoms with E-state index in [1.807, 2.05) is 18.2 Å². The van der Waals surface area contributed by atoms with Crippen molar-refractivity contribution in [1.82, 2.24) is 9.97 Å². The van der Waals surface area contributed by atoms with E-state index in [0.29, 0.717) is 17.1 Å². The van der Waals surface area contributed by atoms with E-state index in [0.717, 1.165) is 30.4 Å².